The highest BCUT2D eigenvalue weighted by Gasteiger charge is 2.25. The van der Waals surface area contributed by atoms with E-state index >= 15 is 0 Å². The molecule has 19 heavy (non-hydrogen) atoms. The minimum absolute atomic E-state index is 0.181. The van der Waals surface area contributed by atoms with Crippen LogP contribution < -0.4 is 4.72 Å². The Morgan fingerprint density at radius 2 is 2.16 bits per heavy atom. The van der Waals surface area contributed by atoms with Crippen LogP contribution in [0, 0.1) is 19.8 Å². The van der Waals surface area contributed by atoms with Crippen LogP contribution in [0.15, 0.2) is 4.90 Å². The fraction of sp³-hybridized carbons (Fsp3) is 0.750. The van der Waals surface area contributed by atoms with Gasteiger partial charge >= 0.3 is 0 Å². The minimum atomic E-state index is -3.48. The molecule has 1 aromatic heterocycles. The molecule has 0 aromatic carbocycles. The second kappa shape index (κ2) is 5.81. The molecule has 0 bridgehead atoms. The van der Waals surface area contributed by atoms with Gasteiger partial charge in [0.1, 0.15) is 4.90 Å². The van der Waals surface area contributed by atoms with Crippen LogP contribution in [0.2, 0.25) is 0 Å². The van der Waals surface area contributed by atoms with Crippen LogP contribution in [0.4, 0.5) is 0 Å². The summed E-state index contributed by atoms with van der Waals surface area (Å²) >= 11 is 6.12. The number of halogens is 1. The van der Waals surface area contributed by atoms with Gasteiger partial charge < -0.3 is 0 Å². The molecule has 0 spiro atoms. The number of hydrogen-bond donors (Lipinski definition) is 2. The molecule has 0 aliphatic heterocycles. The molecular formula is C12H20ClN3O2S. The Bertz CT molecular complexity index is 522. The third-order valence-electron chi connectivity index (χ3n) is 3.61. The standard InChI is InChI=1S/C12H20ClN3O2S/c1-8-12(9(2)16-15-8)19(17,18)14-7-10-4-3-5-11(13)6-10/h10-11,14H,3-7H2,1-2H3,(H,15,16). The zero-order valence-electron chi connectivity index (χ0n) is 11.2. The third kappa shape index (κ3) is 3.49. The first kappa shape index (κ1) is 14.8. The number of hydrogen-bond acceptors (Lipinski definition) is 3. The van der Waals surface area contributed by atoms with Crippen molar-refractivity contribution in [1.82, 2.24) is 14.9 Å². The molecule has 108 valence electrons. The van der Waals surface area contributed by atoms with Crippen molar-refractivity contribution in [3.05, 3.63) is 11.4 Å². The fourth-order valence-corrected chi connectivity index (χ4v) is 4.54. The van der Waals surface area contributed by atoms with Crippen molar-refractivity contribution in [2.24, 2.45) is 5.92 Å². The van der Waals surface area contributed by atoms with E-state index in [1.807, 2.05) is 0 Å². The van der Waals surface area contributed by atoms with E-state index in [0.29, 0.717) is 23.9 Å². The van der Waals surface area contributed by atoms with Crippen LogP contribution in [0.3, 0.4) is 0 Å². The second-order valence-electron chi connectivity index (χ2n) is 5.24. The van der Waals surface area contributed by atoms with Crippen molar-refractivity contribution in [1.29, 1.82) is 0 Å². The highest BCUT2D eigenvalue weighted by Crippen LogP contribution is 2.27. The average Bonchev–Trinajstić information content (AvgIpc) is 2.67. The van der Waals surface area contributed by atoms with E-state index in [1.165, 1.54) is 0 Å². The van der Waals surface area contributed by atoms with Crippen molar-refractivity contribution < 1.29 is 8.42 Å². The topological polar surface area (TPSA) is 74.8 Å². The van der Waals surface area contributed by atoms with Gasteiger partial charge in [0, 0.05) is 11.9 Å². The van der Waals surface area contributed by atoms with Crippen LogP contribution in [-0.2, 0) is 10.0 Å². The first-order valence-corrected chi connectivity index (χ1v) is 8.47. The quantitative estimate of drug-likeness (QED) is 0.837. The van der Waals surface area contributed by atoms with Crippen molar-refractivity contribution in [2.75, 3.05) is 6.54 Å². The predicted molar refractivity (Wildman–Crippen MR) is 74.8 cm³/mol. The van der Waals surface area contributed by atoms with Crippen molar-refractivity contribution >= 4 is 21.6 Å². The molecule has 0 radical (unpaired) electrons. The molecule has 1 aliphatic carbocycles. The first-order valence-electron chi connectivity index (χ1n) is 6.55. The van der Waals surface area contributed by atoms with Crippen molar-refractivity contribution in [2.45, 2.75) is 49.8 Å². The van der Waals surface area contributed by atoms with E-state index in [2.05, 4.69) is 14.9 Å². The molecule has 1 heterocycles. The summed E-state index contributed by atoms with van der Waals surface area (Å²) in [4.78, 5) is 0.269. The zero-order chi connectivity index (χ0) is 14.0. The molecule has 7 heteroatoms. The summed E-state index contributed by atoms with van der Waals surface area (Å²) in [5, 5.41) is 6.80. The van der Waals surface area contributed by atoms with Gasteiger partial charge in [0.2, 0.25) is 10.0 Å². The van der Waals surface area contributed by atoms with E-state index in [-0.39, 0.29) is 10.3 Å². The number of aromatic nitrogens is 2. The molecule has 0 saturated heterocycles. The van der Waals surface area contributed by atoms with Crippen LogP contribution in [-0.4, -0.2) is 30.5 Å². The van der Waals surface area contributed by atoms with Gasteiger partial charge in [-0.15, -0.1) is 11.6 Å². The lowest BCUT2D eigenvalue weighted by atomic mass is 9.89. The largest absolute Gasteiger partial charge is 0.281 e. The lowest BCUT2D eigenvalue weighted by Gasteiger charge is -2.25. The van der Waals surface area contributed by atoms with Gasteiger partial charge in [-0.1, -0.05) is 6.42 Å². The summed E-state index contributed by atoms with van der Waals surface area (Å²) in [6, 6.07) is 0. The molecule has 1 aliphatic rings. The lowest BCUT2D eigenvalue weighted by molar-refractivity contribution is 0.361. The maximum Gasteiger partial charge on any atom is 0.244 e. The number of H-pyrrole nitrogens is 1. The molecule has 2 atom stereocenters. The molecule has 1 saturated carbocycles. The van der Waals surface area contributed by atoms with Gasteiger partial charge in [-0.25, -0.2) is 13.1 Å². The van der Waals surface area contributed by atoms with Gasteiger partial charge in [-0.05, 0) is 39.0 Å². The highest BCUT2D eigenvalue weighted by molar-refractivity contribution is 7.89. The van der Waals surface area contributed by atoms with E-state index in [9.17, 15) is 8.42 Å². The molecule has 2 unspecified atom stereocenters. The number of aromatic amines is 1. The predicted octanol–water partition coefficient (Wildman–Crippen LogP) is 2.10. The van der Waals surface area contributed by atoms with E-state index in [1.54, 1.807) is 13.8 Å². The number of alkyl halides is 1. The average molecular weight is 306 g/mol. The Kier molecular flexibility index (Phi) is 4.53. The fourth-order valence-electron chi connectivity index (χ4n) is 2.65. The Morgan fingerprint density at radius 1 is 1.42 bits per heavy atom. The normalized spacial score (nSPS) is 24.6. The number of aryl methyl sites for hydroxylation is 2. The minimum Gasteiger partial charge on any atom is -0.281 e. The van der Waals surface area contributed by atoms with Gasteiger partial charge in [-0.2, -0.15) is 5.10 Å². The zero-order valence-corrected chi connectivity index (χ0v) is 12.8. The Morgan fingerprint density at radius 3 is 2.74 bits per heavy atom. The van der Waals surface area contributed by atoms with Crippen molar-refractivity contribution in [3.63, 3.8) is 0 Å². The molecule has 1 aromatic rings. The lowest BCUT2D eigenvalue weighted by Crippen LogP contribution is -2.32. The third-order valence-corrected chi connectivity index (χ3v) is 5.69. The number of nitrogens with zero attached hydrogens (tertiary/aromatic N) is 1. The van der Waals surface area contributed by atoms with E-state index in [4.69, 9.17) is 11.6 Å². The molecule has 1 fully saturated rings. The summed E-state index contributed by atoms with van der Waals surface area (Å²) in [5.74, 6) is 0.332. The number of nitrogens with one attached hydrogen (secondary N) is 2. The summed E-state index contributed by atoms with van der Waals surface area (Å²) in [6.07, 6.45) is 4.03. The monoisotopic (exact) mass is 305 g/mol. The highest BCUT2D eigenvalue weighted by atomic mass is 35.5. The number of rotatable bonds is 4. The van der Waals surface area contributed by atoms with Gasteiger partial charge in [-0.3, -0.25) is 5.10 Å². The van der Waals surface area contributed by atoms with E-state index in [0.717, 1.165) is 25.7 Å². The van der Waals surface area contributed by atoms with Crippen LogP contribution in [0.25, 0.3) is 0 Å². The molecule has 0 amide bonds. The molecule has 5 nitrogen and oxygen atoms in total. The van der Waals surface area contributed by atoms with E-state index < -0.39 is 10.0 Å². The number of sulfonamides is 1. The summed E-state index contributed by atoms with van der Waals surface area (Å²) < 4.78 is 27.2. The molecular weight excluding hydrogens is 286 g/mol. The van der Waals surface area contributed by atoms with Crippen LogP contribution in [0.5, 0.6) is 0 Å². The summed E-state index contributed by atoms with van der Waals surface area (Å²) in [5.41, 5.74) is 1.08. The van der Waals surface area contributed by atoms with Gasteiger partial charge in [0.15, 0.2) is 0 Å². The van der Waals surface area contributed by atoms with Crippen LogP contribution >= 0.6 is 11.6 Å². The Hall–Kier alpha value is -0.590. The van der Waals surface area contributed by atoms with Gasteiger partial charge in [0.25, 0.3) is 0 Å². The van der Waals surface area contributed by atoms with Crippen molar-refractivity contribution in [3.8, 4) is 0 Å². The van der Waals surface area contributed by atoms with Crippen LogP contribution in [0.1, 0.15) is 37.1 Å². The SMILES string of the molecule is Cc1n[nH]c(C)c1S(=O)(=O)NCC1CCCC(Cl)C1. The second-order valence-corrected chi connectivity index (χ2v) is 7.57. The summed E-state index contributed by atoms with van der Waals surface area (Å²) in [6.45, 7) is 3.85. The smallest absolute Gasteiger partial charge is 0.244 e. The summed E-state index contributed by atoms with van der Waals surface area (Å²) in [7, 11) is -3.48. The maximum atomic E-state index is 12.3. The Labute approximate surface area is 119 Å². The Balaban J connectivity index is 2.02. The molecule has 2 rings (SSSR count). The molecule has 2 N–H and O–H groups in total. The first-order chi connectivity index (χ1) is 8.90. The maximum absolute atomic E-state index is 12.3. The van der Waals surface area contributed by atoms with Gasteiger partial charge in [0.05, 0.1) is 11.4 Å².